The number of thioether (sulfide) groups is 1. The Kier molecular flexibility index (Phi) is 8.11. The number of halogens is 4. The van der Waals surface area contributed by atoms with E-state index in [-0.39, 0.29) is 5.75 Å². The van der Waals surface area contributed by atoms with E-state index in [1.54, 1.807) is 24.4 Å². The molecule has 0 saturated heterocycles. The first-order chi connectivity index (χ1) is 17.6. The first kappa shape index (κ1) is 27.0. The number of rotatable bonds is 7. The molecule has 1 unspecified atom stereocenters. The maximum atomic E-state index is 14.6. The number of aliphatic carboxylic acids is 1. The number of hydrogen-bond donors (Lipinski definition) is 1. The highest BCUT2D eigenvalue weighted by Gasteiger charge is 2.34. The number of carbonyl (C=O) groups is 1. The second-order valence-corrected chi connectivity index (χ2v) is 10.3. The number of ether oxygens (including phenoxy) is 1. The molecular formula is C27H22Cl2F2N2O3S. The summed E-state index contributed by atoms with van der Waals surface area (Å²) in [4.78, 5) is 15.6. The maximum absolute atomic E-state index is 14.6. The van der Waals surface area contributed by atoms with Crippen LogP contribution in [0.15, 0.2) is 78.4 Å². The van der Waals surface area contributed by atoms with Gasteiger partial charge in [0.2, 0.25) is 0 Å². The van der Waals surface area contributed by atoms with Gasteiger partial charge in [-0.3, -0.25) is 4.57 Å². The monoisotopic (exact) mass is 562 g/mol. The van der Waals surface area contributed by atoms with Gasteiger partial charge in [0.25, 0.3) is 0 Å². The third-order valence-electron chi connectivity index (χ3n) is 6.02. The topological polar surface area (TPSA) is 64.3 Å². The highest BCUT2D eigenvalue weighted by molar-refractivity contribution is 7.98. The molecule has 0 radical (unpaired) electrons. The van der Waals surface area contributed by atoms with Crippen molar-refractivity contribution in [3.8, 4) is 5.75 Å². The molecule has 3 aromatic rings. The lowest BCUT2D eigenvalue weighted by Crippen LogP contribution is -2.26. The Bertz CT molecular complexity index is 1440. The van der Waals surface area contributed by atoms with Crippen LogP contribution >= 0.6 is 35.0 Å². The van der Waals surface area contributed by atoms with Gasteiger partial charge < -0.3 is 9.84 Å². The maximum Gasteiger partial charge on any atom is 0.341 e. The van der Waals surface area contributed by atoms with Gasteiger partial charge in [-0.1, -0.05) is 53.7 Å². The van der Waals surface area contributed by atoms with Crippen LogP contribution < -0.4 is 4.74 Å². The van der Waals surface area contributed by atoms with Crippen LogP contribution in [0.1, 0.15) is 30.2 Å². The van der Waals surface area contributed by atoms with Crippen LogP contribution in [0.3, 0.4) is 0 Å². The second kappa shape index (κ2) is 11.1. The first-order valence-electron chi connectivity index (χ1n) is 11.1. The highest BCUT2D eigenvalue weighted by atomic mass is 35.5. The molecule has 37 heavy (non-hydrogen) atoms. The molecule has 2 aromatic carbocycles. The SMILES string of the molecule is C=C1C=CC(F)=CCC(C)(c2ccc(Cl)c(Cl)c2)c2cnc(SCc3ccc(F)cc3OCC(=O)O)n21. The van der Waals surface area contributed by atoms with Gasteiger partial charge in [0.05, 0.1) is 21.9 Å². The van der Waals surface area contributed by atoms with Crippen molar-refractivity contribution in [1.82, 2.24) is 9.55 Å². The van der Waals surface area contributed by atoms with Gasteiger partial charge in [-0.25, -0.2) is 18.6 Å². The predicted octanol–water partition coefficient (Wildman–Crippen LogP) is 7.67. The summed E-state index contributed by atoms with van der Waals surface area (Å²) in [7, 11) is 0. The molecule has 1 aliphatic rings. The van der Waals surface area contributed by atoms with Gasteiger partial charge in [-0.05, 0) is 55.3 Å². The van der Waals surface area contributed by atoms with Crippen molar-refractivity contribution in [2.45, 2.75) is 29.7 Å². The van der Waals surface area contributed by atoms with E-state index >= 15 is 0 Å². The molecule has 192 valence electrons. The second-order valence-electron chi connectivity index (χ2n) is 8.56. The molecule has 1 atom stereocenters. The van der Waals surface area contributed by atoms with E-state index in [4.69, 9.17) is 33.0 Å². The summed E-state index contributed by atoms with van der Waals surface area (Å²) in [6.45, 7) is 5.50. The number of carboxylic acid groups (broad SMARTS) is 1. The third-order valence-corrected chi connectivity index (χ3v) is 7.76. The minimum absolute atomic E-state index is 0.136. The molecule has 0 saturated carbocycles. The van der Waals surface area contributed by atoms with E-state index in [0.29, 0.717) is 38.6 Å². The largest absolute Gasteiger partial charge is 0.481 e. The summed E-state index contributed by atoms with van der Waals surface area (Å²) in [5.41, 5.74) is 1.93. The van der Waals surface area contributed by atoms with Crippen LogP contribution in [0.5, 0.6) is 5.75 Å². The van der Waals surface area contributed by atoms with E-state index in [0.717, 1.165) is 17.3 Å². The zero-order valence-electron chi connectivity index (χ0n) is 19.7. The van der Waals surface area contributed by atoms with Gasteiger partial charge in [0.15, 0.2) is 11.8 Å². The number of aromatic nitrogens is 2. The van der Waals surface area contributed by atoms with Crippen LogP contribution in [0, 0.1) is 5.82 Å². The summed E-state index contributed by atoms with van der Waals surface area (Å²) in [6, 6.07) is 9.28. The van der Waals surface area contributed by atoms with Crippen LogP contribution in [0.2, 0.25) is 10.0 Å². The van der Waals surface area contributed by atoms with Crippen molar-refractivity contribution in [3.63, 3.8) is 0 Å². The number of fused-ring (bicyclic) bond motifs is 1. The Morgan fingerprint density at radius 3 is 2.73 bits per heavy atom. The minimum Gasteiger partial charge on any atom is -0.481 e. The molecule has 0 aliphatic carbocycles. The van der Waals surface area contributed by atoms with E-state index in [1.807, 2.05) is 17.6 Å². The number of nitrogens with zero attached hydrogens (tertiary/aromatic N) is 2. The van der Waals surface area contributed by atoms with Crippen LogP contribution in [-0.2, 0) is 16.0 Å². The number of benzene rings is 2. The Labute approximate surface area is 227 Å². The summed E-state index contributed by atoms with van der Waals surface area (Å²) >= 11 is 13.8. The van der Waals surface area contributed by atoms with Crippen molar-refractivity contribution in [3.05, 3.63) is 106 Å². The summed E-state index contributed by atoms with van der Waals surface area (Å²) in [6.07, 6.45) is 6.45. The zero-order valence-corrected chi connectivity index (χ0v) is 22.0. The van der Waals surface area contributed by atoms with Crippen molar-refractivity contribution < 1.29 is 23.4 Å². The Morgan fingerprint density at radius 2 is 2.00 bits per heavy atom. The molecule has 0 amide bonds. The lowest BCUT2D eigenvalue weighted by Gasteiger charge is -2.31. The summed E-state index contributed by atoms with van der Waals surface area (Å²) in [5.74, 6) is -1.66. The molecule has 0 fully saturated rings. The molecule has 1 aliphatic heterocycles. The molecule has 0 spiro atoms. The predicted molar refractivity (Wildman–Crippen MR) is 143 cm³/mol. The minimum atomic E-state index is -1.17. The first-order valence-corrected chi connectivity index (χ1v) is 12.8. The van der Waals surface area contributed by atoms with Crippen molar-refractivity contribution in [2.75, 3.05) is 6.61 Å². The molecule has 0 bridgehead atoms. The normalized spacial score (nSPS) is 17.4. The smallest absolute Gasteiger partial charge is 0.341 e. The fourth-order valence-corrected chi connectivity index (χ4v) is 5.29. The molecule has 10 heteroatoms. The van der Waals surface area contributed by atoms with Gasteiger partial charge >= 0.3 is 5.97 Å². The summed E-state index contributed by atoms with van der Waals surface area (Å²) < 4.78 is 35.5. The van der Waals surface area contributed by atoms with Crippen molar-refractivity contribution in [2.24, 2.45) is 0 Å². The summed E-state index contributed by atoms with van der Waals surface area (Å²) in [5, 5.41) is 10.3. The van der Waals surface area contributed by atoms with E-state index < -0.39 is 29.6 Å². The van der Waals surface area contributed by atoms with E-state index in [1.165, 1.54) is 36.0 Å². The van der Waals surface area contributed by atoms with Crippen LogP contribution in [0.4, 0.5) is 8.78 Å². The van der Waals surface area contributed by atoms with E-state index in [2.05, 4.69) is 11.6 Å². The molecular weight excluding hydrogens is 541 g/mol. The average Bonchev–Trinajstić information content (AvgIpc) is 3.30. The number of hydrogen-bond acceptors (Lipinski definition) is 4. The number of imidazole rings is 1. The third kappa shape index (κ3) is 5.92. The molecule has 2 heterocycles. The molecule has 1 aromatic heterocycles. The van der Waals surface area contributed by atoms with E-state index in [9.17, 15) is 13.6 Å². The Morgan fingerprint density at radius 1 is 1.22 bits per heavy atom. The molecule has 5 nitrogen and oxygen atoms in total. The van der Waals surface area contributed by atoms with Crippen molar-refractivity contribution in [1.29, 1.82) is 0 Å². The quantitative estimate of drug-likeness (QED) is 0.299. The van der Waals surface area contributed by atoms with Gasteiger partial charge in [-0.15, -0.1) is 0 Å². The van der Waals surface area contributed by atoms with Crippen molar-refractivity contribution >= 4 is 46.6 Å². The Hall–Kier alpha value is -3.07. The lowest BCUT2D eigenvalue weighted by molar-refractivity contribution is -0.139. The highest BCUT2D eigenvalue weighted by Crippen LogP contribution is 2.42. The number of carboxylic acids is 1. The van der Waals surface area contributed by atoms with Crippen LogP contribution in [-0.4, -0.2) is 27.2 Å². The molecule has 1 N–H and O–H groups in total. The lowest BCUT2D eigenvalue weighted by atomic mass is 9.76. The fourth-order valence-electron chi connectivity index (χ4n) is 4.00. The van der Waals surface area contributed by atoms with Gasteiger partial charge in [0.1, 0.15) is 17.4 Å². The zero-order chi connectivity index (χ0) is 26.7. The average molecular weight is 563 g/mol. The standard InChI is InChI=1S/C27H22Cl2F2N2O3S/c1-16-3-6-19(30)9-10-27(2,18-5-8-21(28)22(29)11-18)24-13-32-26(33(16)24)37-15-17-4-7-20(31)12-23(17)36-14-25(34)35/h3-9,11-13H,1,10,14-15H2,2H3,(H,34,35). The van der Waals surface area contributed by atoms with Gasteiger partial charge in [0, 0.05) is 28.5 Å². The van der Waals surface area contributed by atoms with Crippen LogP contribution in [0.25, 0.3) is 5.70 Å². The molecule has 4 rings (SSSR count). The fraction of sp³-hybridized carbons (Fsp3) is 0.185. The number of allylic oxidation sites excluding steroid dienone is 5. The Balaban J connectivity index is 1.74. The van der Waals surface area contributed by atoms with Gasteiger partial charge in [-0.2, -0.15) is 0 Å².